The molecular formula is C12H13FN2O5. The molecule has 1 atom stereocenters. The number of nitro groups is 1. The lowest BCUT2D eigenvalue weighted by atomic mass is 9.98. The Hall–Kier alpha value is -2.51. The summed E-state index contributed by atoms with van der Waals surface area (Å²) in [4.78, 5) is 32.9. The highest BCUT2D eigenvalue weighted by Crippen LogP contribution is 2.21. The molecule has 108 valence electrons. The number of hydrogen-bond donors (Lipinski definition) is 2. The Bertz CT molecular complexity index is 575. The number of nitro benzene ring substituents is 1. The van der Waals surface area contributed by atoms with E-state index in [0.29, 0.717) is 6.07 Å². The molecule has 0 fully saturated rings. The number of rotatable bonds is 5. The number of benzene rings is 1. The predicted octanol–water partition coefficient (Wildman–Crippen LogP) is 1.72. The molecule has 1 amide bonds. The second-order valence-corrected chi connectivity index (χ2v) is 4.36. The highest BCUT2D eigenvalue weighted by Gasteiger charge is 2.34. The van der Waals surface area contributed by atoms with Crippen molar-refractivity contribution in [2.75, 3.05) is 0 Å². The van der Waals surface area contributed by atoms with Crippen LogP contribution < -0.4 is 5.32 Å². The van der Waals surface area contributed by atoms with Gasteiger partial charge in [0.1, 0.15) is 16.9 Å². The van der Waals surface area contributed by atoms with Crippen molar-refractivity contribution in [2.24, 2.45) is 0 Å². The van der Waals surface area contributed by atoms with E-state index in [1.165, 1.54) is 6.92 Å². The molecule has 0 radical (unpaired) electrons. The van der Waals surface area contributed by atoms with Crippen LogP contribution in [-0.2, 0) is 4.79 Å². The topological polar surface area (TPSA) is 110 Å². The number of carboxylic acid groups (broad SMARTS) is 1. The van der Waals surface area contributed by atoms with Crippen LogP contribution in [0.25, 0.3) is 0 Å². The molecule has 0 aromatic heterocycles. The van der Waals surface area contributed by atoms with Gasteiger partial charge in [-0.1, -0.05) is 6.92 Å². The maximum atomic E-state index is 13.0. The number of carboxylic acids is 1. The number of nitrogens with zero attached hydrogens (tertiary/aromatic N) is 1. The molecule has 0 saturated carbocycles. The second kappa shape index (κ2) is 5.64. The van der Waals surface area contributed by atoms with Gasteiger partial charge in [-0.25, -0.2) is 9.18 Å². The van der Waals surface area contributed by atoms with Gasteiger partial charge in [-0.3, -0.25) is 14.9 Å². The standard InChI is InChI=1S/C12H13FN2O5/c1-3-12(2,11(17)18)14-10(16)8-5-4-7(13)6-9(8)15(19)20/h4-6H,3H2,1-2H3,(H,14,16)(H,17,18). The van der Waals surface area contributed by atoms with E-state index in [1.54, 1.807) is 6.92 Å². The molecular weight excluding hydrogens is 271 g/mol. The van der Waals surface area contributed by atoms with Crippen LogP contribution in [0.4, 0.5) is 10.1 Å². The fourth-order valence-corrected chi connectivity index (χ4v) is 1.46. The van der Waals surface area contributed by atoms with Crippen LogP contribution in [0, 0.1) is 15.9 Å². The van der Waals surface area contributed by atoms with Crippen molar-refractivity contribution < 1.29 is 24.0 Å². The molecule has 8 heteroatoms. The molecule has 7 nitrogen and oxygen atoms in total. The van der Waals surface area contributed by atoms with Gasteiger partial charge < -0.3 is 10.4 Å². The lowest BCUT2D eigenvalue weighted by molar-refractivity contribution is -0.385. The fraction of sp³-hybridized carbons (Fsp3) is 0.333. The first-order chi connectivity index (χ1) is 9.21. The minimum atomic E-state index is -1.56. The van der Waals surface area contributed by atoms with Crippen molar-refractivity contribution in [1.29, 1.82) is 0 Å². The molecule has 2 N–H and O–H groups in total. The zero-order valence-corrected chi connectivity index (χ0v) is 10.8. The number of aliphatic carboxylic acids is 1. The van der Waals surface area contributed by atoms with Crippen LogP contribution in [-0.4, -0.2) is 27.4 Å². The number of hydrogen-bond acceptors (Lipinski definition) is 4. The van der Waals surface area contributed by atoms with Crippen LogP contribution in [0.1, 0.15) is 30.6 Å². The van der Waals surface area contributed by atoms with Crippen molar-refractivity contribution >= 4 is 17.6 Å². The van der Waals surface area contributed by atoms with Crippen LogP contribution in [0.3, 0.4) is 0 Å². The summed E-state index contributed by atoms with van der Waals surface area (Å²) < 4.78 is 13.0. The Morgan fingerprint density at radius 1 is 1.50 bits per heavy atom. The Balaban J connectivity index is 3.16. The molecule has 0 spiro atoms. The number of halogens is 1. The highest BCUT2D eigenvalue weighted by atomic mass is 19.1. The Morgan fingerprint density at radius 2 is 2.10 bits per heavy atom. The van der Waals surface area contributed by atoms with Crippen LogP contribution >= 0.6 is 0 Å². The van der Waals surface area contributed by atoms with Gasteiger partial charge in [0.2, 0.25) is 0 Å². The number of amides is 1. The van der Waals surface area contributed by atoms with E-state index in [0.717, 1.165) is 12.1 Å². The summed E-state index contributed by atoms with van der Waals surface area (Å²) >= 11 is 0. The summed E-state index contributed by atoms with van der Waals surface area (Å²) in [6.45, 7) is 2.83. The maximum absolute atomic E-state index is 13.0. The quantitative estimate of drug-likeness (QED) is 0.632. The first kappa shape index (κ1) is 15.5. The second-order valence-electron chi connectivity index (χ2n) is 4.36. The van der Waals surface area contributed by atoms with Gasteiger partial charge in [-0.15, -0.1) is 0 Å². The summed E-state index contributed by atoms with van der Waals surface area (Å²) in [5.41, 5.74) is -2.66. The monoisotopic (exact) mass is 284 g/mol. The van der Waals surface area contributed by atoms with E-state index in [-0.39, 0.29) is 6.42 Å². The van der Waals surface area contributed by atoms with Gasteiger partial charge in [-0.2, -0.15) is 0 Å². The molecule has 0 bridgehead atoms. The fourth-order valence-electron chi connectivity index (χ4n) is 1.46. The summed E-state index contributed by atoms with van der Waals surface area (Å²) in [6, 6.07) is 2.45. The molecule has 0 aliphatic heterocycles. The smallest absolute Gasteiger partial charge is 0.329 e. The minimum Gasteiger partial charge on any atom is -0.480 e. The van der Waals surface area contributed by atoms with Crippen LogP contribution in [0.15, 0.2) is 18.2 Å². The number of nitrogens with one attached hydrogen (secondary N) is 1. The zero-order chi connectivity index (χ0) is 15.5. The molecule has 0 saturated heterocycles. The summed E-state index contributed by atoms with van der Waals surface area (Å²) in [6.07, 6.45) is 0.0864. The molecule has 1 rings (SSSR count). The molecule has 20 heavy (non-hydrogen) atoms. The predicted molar refractivity (Wildman–Crippen MR) is 66.9 cm³/mol. The first-order valence-electron chi connectivity index (χ1n) is 5.71. The van der Waals surface area contributed by atoms with E-state index in [1.807, 2.05) is 0 Å². The maximum Gasteiger partial charge on any atom is 0.329 e. The van der Waals surface area contributed by atoms with E-state index in [9.17, 15) is 24.1 Å². The number of carbonyl (C=O) groups is 2. The van der Waals surface area contributed by atoms with Gasteiger partial charge in [0, 0.05) is 0 Å². The Labute approximate surface area is 113 Å². The van der Waals surface area contributed by atoms with Crippen molar-refractivity contribution in [3.05, 3.63) is 39.7 Å². The molecule has 0 aliphatic rings. The van der Waals surface area contributed by atoms with Crippen molar-refractivity contribution in [3.63, 3.8) is 0 Å². The lowest BCUT2D eigenvalue weighted by Crippen LogP contribution is -2.51. The third-order valence-corrected chi connectivity index (χ3v) is 2.97. The average Bonchev–Trinajstić information content (AvgIpc) is 2.37. The van der Waals surface area contributed by atoms with Gasteiger partial charge in [-0.05, 0) is 25.5 Å². The first-order valence-corrected chi connectivity index (χ1v) is 5.71. The van der Waals surface area contributed by atoms with Gasteiger partial charge >= 0.3 is 5.97 Å². The lowest BCUT2D eigenvalue weighted by Gasteiger charge is -2.24. The van der Waals surface area contributed by atoms with E-state index in [2.05, 4.69) is 5.32 Å². The van der Waals surface area contributed by atoms with Crippen molar-refractivity contribution in [1.82, 2.24) is 5.32 Å². The van der Waals surface area contributed by atoms with Crippen molar-refractivity contribution in [2.45, 2.75) is 25.8 Å². The Kier molecular flexibility index (Phi) is 4.38. The summed E-state index contributed by atoms with van der Waals surface area (Å²) in [5.74, 6) is -3.06. The zero-order valence-electron chi connectivity index (χ0n) is 10.8. The SMILES string of the molecule is CCC(C)(NC(=O)c1ccc(F)cc1[N+](=O)[O-])C(=O)O. The third-order valence-electron chi connectivity index (χ3n) is 2.97. The van der Waals surface area contributed by atoms with Crippen molar-refractivity contribution in [3.8, 4) is 0 Å². The molecule has 1 unspecified atom stereocenters. The number of carbonyl (C=O) groups excluding carboxylic acids is 1. The molecule has 0 heterocycles. The van der Waals surface area contributed by atoms with Crippen LogP contribution in [0.5, 0.6) is 0 Å². The molecule has 0 aliphatic carbocycles. The van der Waals surface area contributed by atoms with Gasteiger partial charge in [0.25, 0.3) is 11.6 Å². The average molecular weight is 284 g/mol. The minimum absolute atomic E-state index is 0.0864. The van der Waals surface area contributed by atoms with Gasteiger partial charge in [0.15, 0.2) is 0 Å². The van der Waals surface area contributed by atoms with Crippen LogP contribution in [0.2, 0.25) is 0 Å². The summed E-state index contributed by atoms with van der Waals surface area (Å²) in [5, 5.41) is 22.0. The normalized spacial score (nSPS) is 13.3. The Morgan fingerprint density at radius 3 is 2.55 bits per heavy atom. The third kappa shape index (κ3) is 3.08. The summed E-state index contributed by atoms with van der Waals surface area (Å²) in [7, 11) is 0. The molecule has 1 aromatic carbocycles. The largest absolute Gasteiger partial charge is 0.480 e. The van der Waals surface area contributed by atoms with Gasteiger partial charge in [0.05, 0.1) is 11.0 Å². The van der Waals surface area contributed by atoms with E-state index in [4.69, 9.17) is 5.11 Å². The molecule has 1 aromatic rings. The highest BCUT2D eigenvalue weighted by molar-refractivity contribution is 6.00. The van der Waals surface area contributed by atoms with E-state index < -0.39 is 39.4 Å². The van der Waals surface area contributed by atoms with E-state index >= 15 is 0 Å².